The van der Waals surface area contributed by atoms with Crippen LogP contribution in [0.5, 0.6) is 0 Å². The molecule has 1 aromatic carbocycles. The largest absolute Gasteiger partial charge is 0.380 e. The second-order valence-electron chi connectivity index (χ2n) is 3.86. The van der Waals surface area contributed by atoms with Gasteiger partial charge in [0.05, 0.1) is 6.10 Å². The summed E-state index contributed by atoms with van der Waals surface area (Å²) in [7, 11) is 1.75. The predicted octanol–water partition coefficient (Wildman–Crippen LogP) is 2.46. The van der Waals surface area contributed by atoms with Gasteiger partial charge in [0.25, 0.3) is 0 Å². The van der Waals surface area contributed by atoms with Gasteiger partial charge in [0.1, 0.15) is 0 Å². The Bertz CT molecular complexity index is 329. The Hall–Kier alpha value is -0.510. The Labute approximate surface area is 95.4 Å². The molecule has 15 heavy (non-hydrogen) atoms. The van der Waals surface area contributed by atoms with E-state index in [2.05, 4.69) is 36.5 Å². The van der Waals surface area contributed by atoms with E-state index in [0.29, 0.717) is 6.04 Å². The first-order valence-electron chi connectivity index (χ1n) is 5.29. The Morgan fingerprint density at radius 2 is 2.33 bits per heavy atom. The van der Waals surface area contributed by atoms with Crippen molar-refractivity contribution in [1.82, 2.24) is 5.32 Å². The first kappa shape index (κ1) is 11.0. The lowest BCUT2D eigenvalue weighted by molar-refractivity contribution is 0.115. The Kier molecular flexibility index (Phi) is 3.67. The summed E-state index contributed by atoms with van der Waals surface area (Å²) in [6.07, 6.45) is 0.280. The maximum atomic E-state index is 5.23. The van der Waals surface area contributed by atoms with E-state index < -0.39 is 0 Å². The molecule has 0 spiro atoms. The van der Waals surface area contributed by atoms with E-state index in [0.717, 1.165) is 12.3 Å². The van der Waals surface area contributed by atoms with Crippen LogP contribution >= 0.6 is 11.8 Å². The molecule has 1 aliphatic heterocycles. The summed E-state index contributed by atoms with van der Waals surface area (Å²) in [5, 5.41) is 3.54. The van der Waals surface area contributed by atoms with Crippen LogP contribution in [0, 0.1) is 0 Å². The number of ether oxygens (including phenoxy) is 1. The number of rotatable bonds is 4. The third kappa shape index (κ3) is 2.54. The molecular formula is C12H17NOS. The van der Waals surface area contributed by atoms with Gasteiger partial charge in [0.15, 0.2) is 0 Å². The summed E-state index contributed by atoms with van der Waals surface area (Å²) in [6, 6.07) is 9.11. The van der Waals surface area contributed by atoms with Gasteiger partial charge in [-0.05, 0) is 18.6 Å². The normalized spacial score (nSPS) is 21.3. The summed E-state index contributed by atoms with van der Waals surface area (Å²) < 4.78 is 5.23. The van der Waals surface area contributed by atoms with Gasteiger partial charge in [-0.1, -0.05) is 18.2 Å². The van der Waals surface area contributed by atoms with Crippen molar-refractivity contribution in [3.05, 3.63) is 29.8 Å². The molecule has 0 amide bonds. The van der Waals surface area contributed by atoms with E-state index >= 15 is 0 Å². The number of hydrogen-bond donors (Lipinski definition) is 1. The zero-order valence-corrected chi connectivity index (χ0v) is 10.0. The lowest BCUT2D eigenvalue weighted by atomic mass is 10.1. The number of benzene rings is 1. The molecule has 2 nitrogen and oxygen atoms in total. The van der Waals surface area contributed by atoms with E-state index in [-0.39, 0.29) is 6.10 Å². The molecule has 1 N–H and O–H groups in total. The van der Waals surface area contributed by atoms with Crippen molar-refractivity contribution in [2.75, 3.05) is 19.4 Å². The van der Waals surface area contributed by atoms with E-state index in [1.165, 1.54) is 10.5 Å². The second kappa shape index (κ2) is 5.01. The van der Waals surface area contributed by atoms with Crippen LogP contribution in [0.2, 0.25) is 0 Å². The second-order valence-corrected chi connectivity index (χ2v) is 4.92. The van der Waals surface area contributed by atoms with Crippen molar-refractivity contribution in [1.29, 1.82) is 0 Å². The Morgan fingerprint density at radius 3 is 3.13 bits per heavy atom. The highest BCUT2D eigenvalue weighted by atomic mass is 32.2. The summed E-state index contributed by atoms with van der Waals surface area (Å²) in [5.41, 5.74) is 1.44. The highest BCUT2D eigenvalue weighted by Gasteiger charge is 2.22. The van der Waals surface area contributed by atoms with E-state index in [9.17, 15) is 0 Å². The molecule has 0 radical (unpaired) electrons. The average molecular weight is 223 g/mol. The molecule has 82 valence electrons. The van der Waals surface area contributed by atoms with Crippen molar-refractivity contribution in [3.8, 4) is 0 Å². The van der Waals surface area contributed by atoms with Crippen molar-refractivity contribution in [2.45, 2.75) is 24.0 Å². The molecule has 3 heteroatoms. The minimum absolute atomic E-state index is 0.280. The molecule has 0 bridgehead atoms. The maximum absolute atomic E-state index is 5.23. The number of hydrogen-bond acceptors (Lipinski definition) is 3. The molecule has 0 aliphatic carbocycles. The van der Waals surface area contributed by atoms with Gasteiger partial charge >= 0.3 is 0 Å². The molecule has 1 aliphatic rings. The maximum Gasteiger partial charge on any atom is 0.0667 e. The fourth-order valence-electron chi connectivity index (χ4n) is 1.72. The van der Waals surface area contributed by atoms with Crippen LogP contribution in [-0.2, 0) is 4.74 Å². The highest BCUT2D eigenvalue weighted by molar-refractivity contribution is 7.99. The van der Waals surface area contributed by atoms with E-state index in [1.807, 2.05) is 11.8 Å². The number of methoxy groups -OCH3 is 1. The van der Waals surface area contributed by atoms with Crippen LogP contribution in [0.15, 0.2) is 29.2 Å². The predicted molar refractivity (Wildman–Crippen MR) is 64.4 cm³/mol. The SMILES string of the molecule is COC(C)CNC1CSc2ccccc21. The molecule has 0 fully saturated rings. The molecule has 2 rings (SSSR count). The van der Waals surface area contributed by atoms with Crippen LogP contribution in [0.4, 0.5) is 0 Å². The Morgan fingerprint density at radius 1 is 1.53 bits per heavy atom. The lowest BCUT2D eigenvalue weighted by Gasteiger charge is -2.16. The molecule has 1 aromatic rings. The van der Waals surface area contributed by atoms with Crippen LogP contribution in [-0.4, -0.2) is 25.5 Å². The first-order chi connectivity index (χ1) is 7.31. The molecule has 2 atom stereocenters. The van der Waals surface area contributed by atoms with Gasteiger partial charge < -0.3 is 10.1 Å². The van der Waals surface area contributed by atoms with Crippen molar-refractivity contribution >= 4 is 11.8 Å². The van der Waals surface area contributed by atoms with Gasteiger partial charge in [-0.15, -0.1) is 11.8 Å². The Balaban J connectivity index is 1.96. The van der Waals surface area contributed by atoms with Crippen LogP contribution in [0.25, 0.3) is 0 Å². The molecule has 2 unspecified atom stereocenters. The number of fused-ring (bicyclic) bond motifs is 1. The van der Waals surface area contributed by atoms with Gasteiger partial charge in [-0.25, -0.2) is 0 Å². The molecule has 1 heterocycles. The van der Waals surface area contributed by atoms with Gasteiger partial charge in [0, 0.05) is 30.3 Å². The summed E-state index contributed by atoms with van der Waals surface area (Å²) in [6.45, 7) is 3.00. The minimum atomic E-state index is 0.280. The number of nitrogens with one attached hydrogen (secondary N) is 1. The topological polar surface area (TPSA) is 21.3 Å². The molecular weight excluding hydrogens is 206 g/mol. The van der Waals surface area contributed by atoms with Crippen molar-refractivity contribution in [2.24, 2.45) is 0 Å². The van der Waals surface area contributed by atoms with Crippen LogP contribution in [0.3, 0.4) is 0 Å². The third-order valence-electron chi connectivity index (χ3n) is 2.75. The molecule has 0 saturated carbocycles. The van der Waals surface area contributed by atoms with Crippen molar-refractivity contribution < 1.29 is 4.74 Å². The summed E-state index contributed by atoms with van der Waals surface area (Å²) in [5.74, 6) is 1.13. The van der Waals surface area contributed by atoms with Crippen molar-refractivity contribution in [3.63, 3.8) is 0 Å². The molecule has 0 aromatic heterocycles. The van der Waals surface area contributed by atoms with Gasteiger partial charge in [-0.2, -0.15) is 0 Å². The summed E-state index contributed by atoms with van der Waals surface area (Å²) in [4.78, 5) is 1.42. The van der Waals surface area contributed by atoms with Gasteiger partial charge in [-0.3, -0.25) is 0 Å². The van der Waals surface area contributed by atoms with Crippen LogP contribution < -0.4 is 5.32 Å². The van der Waals surface area contributed by atoms with Gasteiger partial charge in [0.2, 0.25) is 0 Å². The minimum Gasteiger partial charge on any atom is -0.380 e. The average Bonchev–Trinajstić information content (AvgIpc) is 2.69. The zero-order valence-electron chi connectivity index (χ0n) is 9.19. The quantitative estimate of drug-likeness (QED) is 0.847. The molecule has 0 saturated heterocycles. The van der Waals surface area contributed by atoms with E-state index in [4.69, 9.17) is 4.74 Å². The fraction of sp³-hybridized carbons (Fsp3) is 0.500. The summed E-state index contributed by atoms with van der Waals surface area (Å²) >= 11 is 1.93. The van der Waals surface area contributed by atoms with Crippen LogP contribution in [0.1, 0.15) is 18.5 Å². The fourth-order valence-corrected chi connectivity index (χ4v) is 2.92. The third-order valence-corrected chi connectivity index (χ3v) is 3.94. The monoisotopic (exact) mass is 223 g/mol. The zero-order chi connectivity index (χ0) is 10.7. The first-order valence-corrected chi connectivity index (χ1v) is 6.27. The standard InChI is InChI=1S/C12H17NOS/c1-9(14-2)7-13-11-8-15-12-6-4-3-5-10(11)12/h3-6,9,11,13H,7-8H2,1-2H3. The lowest BCUT2D eigenvalue weighted by Crippen LogP contribution is -2.29. The highest BCUT2D eigenvalue weighted by Crippen LogP contribution is 2.37. The van der Waals surface area contributed by atoms with E-state index in [1.54, 1.807) is 7.11 Å². The number of thioether (sulfide) groups is 1. The smallest absolute Gasteiger partial charge is 0.0667 e.